The van der Waals surface area contributed by atoms with Crippen molar-refractivity contribution < 1.29 is 13.2 Å². The van der Waals surface area contributed by atoms with E-state index in [1.165, 1.54) is 19.3 Å². The Labute approximate surface area is 180 Å². The van der Waals surface area contributed by atoms with Gasteiger partial charge in [-0.1, -0.05) is 30.3 Å². The van der Waals surface area contributed by atoms with E-state index in [1.54, 1.807) is 11.2 Å². The standard InChI is InChI=1S/C24H34N2O3S/c1-2-30(28,29)26-10-8-24(9-11-26,21-6-4-3-5-7-21)22(27)25-23-15-18-12-19(16-23)14-20(13-18)17-23/h3-7,18-20H,2,8-17H2,1H3,(H,25,27). The molecule has 0 atom stereocenters. The summed E-state index contributed by atoms with van der Waals surface area (Å²) in [6.45, 7) is 2.52. The zero-order valence-electron chi connectivity index (χ0n) is 18.0. The summed E-state index contributed by atoms with van der Waals surface area (Å²) in [6, 6.07) is 10.0. The van der Waals surface area contributed by atoms with Crippen LogP contribution in [-0.2, 0) is 20.2 Å². The molecule has 4 saturated carbocycles. The van der Waals surface area contributed by atoms with Crippen LogP contribution in [0.4, 0.5) is 0 Å². The van der Waals surface area contributed by atoms with Crippen LogP contribution in [0.2, 0.25) is 0 Å². The average Bonchev–Trinajstić information content (AvgIpc) is 2.73. The van der Waals surface area contributed by atoms with Gasteiger partial charge in [0.1, 0.15) is 0 Å². The molecular weight excluding hydrogens is 396 g/mol. The second-order valence-electron chi connectivity index (χ2n) is 10.4. The predicted molar refractivity (Wildman–Crippen MR) is 117 cm³/mol. The molecule has 5 nitrogen and oxygen atoms in total. The number of amides is 1. The fraction of sp³-hybridized carbons (Fsp3) is 0.708. The fourth-order valence-corrected chi connectivity index (χ4v) is 8.46. The molecule has 4 aliphatic carbocycles. The monoisotopic (exact) mass is 430 g/mol. The number of nitrogens with zero attached hydrogens (tertiary/aromatic N) is 1. The lowest BCUT2D eigenvalue weighted by Gasteiger charge is -2.57. The van der Waals surface area contributed by atoms with Crippen LogP contribution in [0.1, 0.15) is 63.9 Å². The van der Waals surface area contributed by atoms with Gasteiger partial charge in [-0.15, -0.1) is 0 Å². The van der Waals surface area contributed by atoms with E-state index in [0.717, 1.165) is 42.6 Å². The molecule has 0 radical (unpaired) electrons. The SMILES string of the molecule is CCS(=O)(=O)N1CCC(C(=O)NC23CC4CC(CC(C4)C2)C3)(c2ccccc2)CC1. The van der Waals surface area contributed by atoms with Gasteiger partial charge in [-0.05, 0) is 81.6 Å². The van der Waals surface area contributed by atoms with Crippen LogP contribution in [0.25, 0.3) is 0 Å². The van der Waals surface area contributed by atoms with Crippen molar-refractivity contribution in [3.8, 4) is 0 Å². The van der Waals surface area contributed by atoms with Crippen molar-refractivity contribution in [1.29, 1.82) is 0 Å². The first-order valence-corrected chi connectivity index (χ1v) is 13.3. The molecular formula is C24H34N2O3S. The summed E-state index contributed by atoms with van der Waals surface area (Å²) in [6.07, 6.45) is 8.54. The first kappa shape index (κ1) is 20.5. The summed E-state index contributed by atoms with van der Waals surface area (Å²) in [4.78, 5) is 14.0. The third-order valence-electron chi connectivity index (χ3n) is 8.51. The van der Waals surface area contributed by atoms with E-state index < -0.39 is 15.4 Å². The van der Waals surface area contributed by atoms with Crippen LogP contribution in [0.3, 0.4) is 0 Å². The Balaban J connectivity index is 1.41. The Hall–Kier alpha value is -1.40. The van der Waals surface area contributed by atoms with E-state index in [1.807, 2.05) is 30.3 Å². The van der Waals surface area contributed by atoms with Crippen molar-refractivity contribution in [3.63, 3.8) is 0 Å². The first-order valence-electron chi connectivity index (χ1n) is 11.7. The maximum atomic E-state index is 14.0. The number of hydrogen-bond acceptors (Lipinski definition) is 3. The van der Waals surface area contributed by atoms with E-state index in [-0.39, 0.29) is 17.2 Å². The zero-order chi connectivity index (χ0) is 21.0. The van der Waals surface area contributed by atoms with Gasteiger partial charge in [0, 0.05) is 18.6 Å². The van der Waals surface area contributed by atoms with Gasteiger partial charge in [0.2, 0.25) is 15.9 Å². The molecule has 6 heteroatoms. The van der Waals surface area contributed by atoms with Crippen molar-refractivity contribution in [2.45, 2.75) is 69.2 Å². The van der Waals surface area contributed by atoms with Crippen LogP contribution in [0.5, 0.6) is 0 Å². The number of rotatable bonds is 5. The Morgan fingerprint density at radius 3 is 2.03 bits per heavy atom. The zero-order valence-corrected chi connectivity index (χ0v) is 18.8. The highest BCUT2D eigenvalue weighted by Crippen LogP contribution is 2.56. The van der Waals surface area contributed by atoms with Crippen LogP contribution in [0.15, 0.2) is 30.3 Å². The van der Waals surface area contributed by atoms with Crippen LogP contribution in [-0.4, -0.2) is 43.0 Å². The van der Waals surface area contributed by atoms with Gasteiger partial charge in [-0.3, -0.25) is 4.79 Å². The summed E-state index contributed by atoms with van der Waals surface area (Å²) in [7, 11) is -3.22. The van der Waals surface area contributed by atoms with Gasteiger partial charge in [-0.2, -0.15) is 0 Å². The minimum Gasteiger partial charge on any atom is -0.350 e. The molecule has 5 aliphatic rings. The topological polar surface area (TPSA) is 66.5 Å². The second-order valence-corrected chi connectivity index (χ2v) is 12.7. The predicted octanol–water partition coefficient (Wildman–Crippen LogP) is 3.45. The number of carbonyl (C=O) groups is 1. The Kier molecular flexibility index (Phi) is 5.01. The smallest absolute Gasteiger partial charge is 0.231 e. The minimum atomic E-state index is -3.22. The third kappa shape index (κ3) is 3.40. The molecule has 164 valence electrons. The Morgan fingerprint density at radius 1 is 1.00 bits per heavy atom. The lowest BCUT2D eigenvalue weighted by molar-refractivity contribution is -0.134. The summed E-state index contributed by atoms with van der Waals surface area (Å²) >= 11 is 0. The minimum absolute atomic E-state index is 0.0275. The number of nitrogens with one attached hydrogen (secondary N) is 1. The van der Waals surface area contributed by atoms with E-state index in [4.69, 9.17) is 0 Å². The molecule has 6 rings (SSSR count). The normalized spacial score (nSPS) is 35.3. The Morgan fingerprint density at radius 2 is 1.53 bits per heavy atom. The summed E-state index contributed by atoms with van der Waals surface area (Å²) in [5.74, 6) is 2.58. The van der Waals surface area contributed by atoms with E-state index >= 15 is 0 Å². The molecule has 0 aromatic heterocycles. The lowest BCUT2D eigenvalue weighted by Crippen LogP contribution is -2.64. The van der Waals surface area contributed by atoms with Gasteiger partial charge >= 0.3 is 0 Å². The van der Waals surface area contributed by atoms with Crippen molar-refractivity contribution in [1.82, 2.24) is 9.62 Å². The van der Waals surface area contributed by atoms with Crippen molar-refractivity contribution in [2.24, 2.45) is 17.8 Å². The van der Waals surface area contributed by atoms with Crippen LogP contribution >= 0.6 is 0 Å². The Bertz CT molecular complexity index is 868. The fourth-order valence-electron chi connectivity index (χ4n) is 7.36. The second kappa shape index (κ2) is 7.33. The van der Waals surface area contributed by atoms with Crippen molar-refractivity contribution in [3.05, 3.63) is 35.9 Å². The molecule has 1 saturated heterocycles. The van der Waals surface area contributed by atoms with Crippen LogP contribution < -0.4 is 5.32 Å². The first-order chi connectivity index (χ1) is 14.3. The van der Waals surface area contributed by atoms with E-state index in [9.17, 15) is 13.2 Å². The maximum Gasteiger partial charge on any atom is 0.231 e. The highest BCUT2D eigenvalue weighted by Gasteiger charge is 2.54. The lowest BCUT2D eigenvalue weighted by atomic mass is 9.52. The maximum absolute atomic E-state index is 14.0. The third-order valence-corrected chi connectivity index (χ3v) is 10.4. The molecule has 1 aromatic carbocycles. The summed E-state index contributed by atoms with van der Waals surface area (Å²) in [5.41, 5.74) is 0.366. The molecule has 0 spiro atoms. The van der Waals surface area contributed by atoms with Crippen molar-refractivity contribution in [2.75, 3.05) is 18.8 Å². The summed E-state index contributed by atoms with van der Waals surface area (Å²) in [5, 5.41) is 3.59. The molecule has 1 N–H and O–H groups in total. The highest BCUT2D eigenvalue weighted by molar-refractivity contribution is 7.89. The van der Waals surface area contributed by atoms with Gasteiger partial charge in [0.15, 0.2) is 0 Å². The molecule has 5 fully saturated rings. The van der Waals surface area contributed by atoms with Gasteiger partial charge in [-0.25, -0.2) is 12.7 Å². The number of piperidine rings is 1. The number of benzene rings is 1. The quantitative estimate of drug-likeness (QED) is 0.778. The summed E-state index contributed by atoms with van der Waals surface area (Å²) < 4.78 is 26.4. The number of sulfonamides is 1. The number of hydrogen-bond donors (Lipinski definition) is 1. The van der Waals surface area contributed by atoms with Crippen LogP contribution in [0, 0.1) is 17.8 Å². The molecule has 0 unspecified atom stereocenters. The largest absolute Gasteiger partial charge is 0.350 e. The average molecular weight is 431 g/mol. The van der Waals surface area contributed by atoms with Gasteiger partial charge in [0.05, 0.1) is 11.2 Å². The number of carbonyl (C=O) groups excluding carboxylic acids is 1. The van der Waals surface area contributed by atoms with E-state index in [0.29, 0.717) is 25.9 Å². The van der Waals surface area contributed by atoms with E-state index in [2.05, 4.69) is 5.32 Å². The molecule has 1 heterocycles. The van der Waals surface area contributed by atoms with Gasteiger partial charge in [0.25, 0.3) is 0 Å². The molecule has 1 amide bonds. The molecule has 1 aromatic rings. The molecule has 30 heavy (non-hydrogen) atoms. The molecule has 4 bridgehead atoms. The molecule has 1 aliphatic heterocycles. The van der Waals surface area contributed by atoms with Crippen molar-refractivity contribution >= 4 is 15.9 Å². The highest BCUT2D eigenvalue weighted by atomic mass is 32.2. The van der Waals surface area contributed by atoms with Gasteiger partial charge < -0.3 is 5.32 Å².